The molecule has 0 saturated carbocycles. The van der Waals surface area contributed by atoms with E-state index in [1.54, 1.807) is 31.2 Å². The lowest BCUT2D eigenvalue weighted by atomic mass is 10.2. The summed E-state index contributed by atoms with van der Waals surface area (Å²) in [6, 6.07) is 21.1. The summed E-state index contributed by atoms with van der Waals surface area (Å²) < 4.78 is 23.7. The highest BCUT2D eigenvalue weighted by Gasteiger charge is 2.10. The zero-order valence-corrected chi connectivity index (χ0v) is 16.4. The molecule has 1 amide bonds. The maximum Gasteiger partial charge on any atom is 0.344 e. The minimum absolute atomic E-state index is 0.291. The standard InChI is InChI=1S/C23H21FN2O4/c1-16-7-8-19(13-21(16)24)26-22(27)14-30-23(28)15-29-20-11-9-18(10-12-20)25-17-5-3-2-4-6-17/h2-13,25H,14-15H2,1H3,(H,26,27). The lowest BCUT2D eigenvalue weighted by Gasteiger charge is -2.10. The Balaban J connectivity index is 1.39. The van der Waals surface area contributed by atoms with E-state index in [1.807, 2.05) is 42.5 Å². The quantitative estimate of drug-likeness (QED) is 0.539. The van der Waals surface area contributed by atoms with E-state index in [4.69, 9.17) is 9.47 Å². The van der Waals surface area contributed by atoms with Crippen molar-refractivity contribution in [3.8, 4) is 5.75 Å². The fourth-order valence-corrected chi connectivity index (χ4v) is 2.52. The molecule has 0 spiro atoms. The second kappa shape index (κ2) is 10.1. The van der Waals surface area contributed by atoms with Crippen molar-refractivity contribution >= 4 is 28.9 Å². The lowest BCUT2D eigenvalue weighted by molar-refractivity contribution is -0.149. The Kier molecular flexibility index (Phi) is 7.00. The van der Waals surface area contributed by atoms with Crippen LogP contribution in [-0.4, -0.2) is 25.1 Å². The van der Waals surface area contributed by atoms with Crippen LogP contribution in [0.2, 0.25) is 0 Å². The van der Waals surface area contributed by atoms with Crippen molar-refractivity contribution in [2.45, 2.75) is 6.92 Å². The third-order valence-corrected chi connectivity index (χ3v) is 4.09. The van der Waals surface area contributed by atoms with Crippen LogP contribution < -0.4 is 15.4 Å². The van der Waals surface area contributed by atoms with E-state index in [2.05, 4.69) is 10.6 Å². The largest absolute Gasteiger partial charge is 0.482 e. The summed E-state index contributed by atoms with van der Waals surface area (Å²) in [6.45, 7) is 0.797. The van der Waals surface area contributed by atoms with Crippen molar-refractivity contribution in [3.63, 3.8) is 0 Å². The van der Waals surface area contributed by atoms with Crippen LogP contribution in [0.5, 0.6) is 5.75 Å². The van der Waals surface area contributed by atoms with Crippen molar-refractivity contribution in [1.82, 2.24) is 0 Å². The number of hydrogen-bond acceptors (Lipinski definition) is 5. The lowest BCUT2D eigenvalue weighted by Crippen LogP contribution is -2.23. The van der Waals surface area contributed by atoms with E-state index in [-0.39, 0.29) is 6.61 Å². The number of anilines is 3. The SMILES string of the molecule is Cc1ccc(NC(=O)COC(=O)COc2ccc(Nc3ccccc3)cc2)cc1F. The van der Waals surface area contributed by atoms with Crippen molar-refractivity contribution in [1.29, 1.82) is 0 Å². The van der Waals surface area contributed by atoms with Gasteiger partial charge in [-0.2, -0.15) is 0 Å². The predicted molar refractivity (Wildman–Crippen MR) is 112 cm³/mol. The van der Waals surface area contributed by atoms with Crippen molar-refractivity contribution < 1.29 is 23.5 Å². The van der Waals surface area contributed by atoms with Gasteiger partial charge in [0.2, 0.25) is 0 Å². The van der Waals surface area contributed by atoms with Gasteiger partial charge in [0.05, 0.1) is 0 Å². The molecule has 0 saturated heterocycles. The van der Waals surface area contributed by atoms with Crippen LogP contribution in [-0.2, 0) is 14.3 Å². The Morgan fingerprint density at radius 2 is 1.53 bits per heavy atom. The van der Waals surface area contributed by atoms with Gasteiger partial charge < -0.3 is 20.1 Å². The summed E-state index contributed by atoms with van der Waals surface area (Å²) in [7, 11) is 0. The molecule has 0 fully saturated rings. The number of nitrogens with one attached hydrogen (secondary N) is 2. The van der Waals surface area contributed by atoms with Gasteiger partial charge in [0.1, 0.15) is 11.6 Å². The first-order valence-corrected chi connectivity index (χ1v) is 9.26. The molecule has 3 aromatic rings. The monoisotopic (exact) mass is 408 g/mol. The summed E-state index contributed by atoms with van der Waals surface area (Å²) in [5.74, 6) is -1.19. The van der Waals surface area contributed by atoms with Gasteiger partial charge in [-0.25, -0.2) is 9.18 Å². The Labute approximate surface area is 173 Å². The Morgan fingerprint density at radius 3 is 2.23 bits per heavy atom. The van der Waals surface area contributed by atoms with E-state index < -0.39 is 24.3 Å². The number of para-hydroxylation sites is 1. The maximum absolute atomic E-state index is 13.5. The maximum atomic E-state index is 13.5. The fraction of sp³-hybridized carbons (Fsp3) is 0.130. The molecule has 0 radical (unpaired) electrons. The minimum Gasteiger partial charge on any atom is -0.482 e. The van der Waals surface area contributed by atoms with E-state index in [0.29, 0.717) is 17.0 Å². The topological polar surface area (TPSA) is 76.7 Å². The number of ether oxygens (including phenoxy) is 2. The molecular weight excluding hydrogens is 387 g/mol. The number of amides is 1. The first kappa shape index (κ1) is 20.9. The molecule has 3 rings (SSSR count). The third kappa shape index (κ3) is 6.34. The molecule has 2 N–H and O–H groups in total. The second-order valence-corrected chi connectivity index (χ2v) is 6.48. The molecule has 0 heterocycles. The van der Waals surface area contributed by atoms with Gasteiger partial charge in [0.15, 0.2) is 13.2 Å². The number of rotatable bonds is 8. The Hall–Kier alpha value is -3.87. The smallest absolute Gasteiger partial charge is 0.344 e. The molecular formula is C23H21FN2O4. The average Bonchev–Trinajstić information content (AvgIpc) is 2.75. The molecule has 0 aliphatic heterocycles. The van der Waals surface area contributed by atoms with E-state index >= 15 is 0 Å². The van der Waals surface area contributed by atoms with Crippen LogP contribution in [0.15, 0.2) is 72.8 Å². The van der Waals surface area contributed by atoms with Gasteiger partial charge in [0.25, 0.3) is 5.91 Å². The average molecular weight is 408 g/mol. The molecule has 0 unspecified atom stereocenters. The molecule has 0 aromatic heterocycles. The van der Waals surface area contributed by atoms with Crippen LogP contribution in [0, 0.1) is 12.7 Å². The highest BCUT2D eigenvalue weighted by atomic mass is 19.1. The van der Waals surface area contributed by atoms with Gasteiger partial charge in [-0.3, -0.25) is 4.79 Å². The van der Waals surface area contributed by atoms with Crippen molar-refractivity contribution in [3.05, 3.63) is 84.2 Å². The van der Waals surface area contributed by atoms with Crippen molar-refractivity contribution in [2.75, 3.05) is 23.8 Å². The zero-order valence-electron chi connectivity index (χ0n) is 16.4. The summed E-state index contributed by atoms with van der Waals surface area (Å²) in [6.07, 6.45) is 0. The number of halogens is 1. The molecule has 0 atom stereocenters. The first-order valence-electron chi connectivity index (χ1n) is 9.26. The molecule has 0 bridgehead atoms. The predicted octanol–water partition coefficient (Wildman–Crippen LogP) is 4.44. The second-order valence-electron chi connectivity index (χ2n) is 6.48. The van der Waals surface area contributed by atoms with Crippen LogP contribution in [0.25, 0.3) is 0 Å². The third-order valence-electron chi connectivity index (χ3n) is 4.09. The molecule has 3 aromatic carbocycles. The fourth-order valence-electron chi connectivity index (χ4n) is 2.52. The summed E-state index contributed by atoms with van der Waals surface area (Å²) in [5.41, 5.74) is 2.60. The molecule has 7 heteroatoms. The van der Waals surface area contributed by atoms with E-state index in [1.165, 1.54) is 6.07 Å². The van der Waals surface area contributed by atoms with Gasteiger partial charge >= 0.3 is 5.97 Å². The number of hydrogen-bond donors (Lipinski definition) is 2. The molecule has 0 aliphatic carbocycles. The van der Waals surface area contributed by atoms with Crippen LogP contribution in [0.3, 0.4) is 0 Å². The summed E-state index contributed by atoms with van der Waals surface area (Å²) >= 11 is 0. The van der Waals surface area contributed by atoms with E-state index in [9.17, 15) is 14.0 Å². The van der Waals surface area contributed by atoms with Gasteiger partial charge in [-0.15, -0.1) is 0 Å². The molecule has 154 valence electrons. The first-order chi connectivity index (χ1) is 14.5. The number of carbonyl (C=O) groups is 2. The zero-order chi connectivity index (χ0) is 21.3. The van der Waals surface area contributed by atoms with Crippen molar-refractivity contribution in [2.24, 2.45) is 0 Å². The highest BCUT2D eigenvalue weighted by Crippen LogP contribution is 2.20. The molecule has 30 heavy (non-hydrogen) atoms. The number of aryl methyl sites for hydroxylation is 1. The highest BCUT2D eigenvalue weighted by molar-refractivity contribution is 5.92. The minimum atomic E-state index is -0.688. The molecule has 0 aliphatic rings. The number of benzene rings is 3. The van der Waals surface area contributed by atoms with Crippen LogP contribution >= 0.6 is 0 Å². The van der Waals surface area contributed by atoms with Gasteiger partial charge in [-0.05, 0) is 61.0 Å². The normalized spacial score (nSPS) is 10.2. The van der Waals surface area contributed by atoms with Gasteiger partial charge in [-0.1, -0.05) is 24.3 Å². The molecule has 6 nitrogen and oxygen atoms in total. The van der Waals surface area contributed by atoms with Gasteiger partial charge in [0, 0.05) is 17.1 Å². The van der Waals surface area contributed by atoms with Crippen LogP contribution in [0.4, 0.5) is 21.5 Å². The summed E-state index contributed by atoms with van der Waals surface area (Å²) in [4.78, 5) is 23.6. The number of esters is 1. The van der Waals surface area contributed by atoms with E-state index in [0.717, 1.165) is 11.4 Å². The summed E-state index contributed by atoms with van der Waals surface area (Å²) in [5, 5.41) is 5.70. The number of carbonyl (C=O) groups excluding carboxylic acids is 2. The Morgan fingerprint density at radius 1 is 0.867 bits per heavy atom. The van der Waals surface area contributed by atoms with Crippen LogP contribution in [0.1, 0.15) is 5.56 Å². The Bertz CT molecular complexity index is 1010.